The molecule has 0 aromatic heterocycles. The Morgan fingerprint density at radius 1 is 0.114 bits per heavy atom. The average Bonchev–Trinajstić information content (AvgIpc) is 0.752. The number of benzene rings is 16. The molecule has 0 aliphatic carbocycles. The van der Waals surface area contributed by atoms with Gasteiger partial charge in [0.15, 0.2) is 0 Å². The van der Waals surface area contributed by atoms with E-state index in [0.29, 0.717) is 0 Å². The van der Waals surface area contributed by atoms with E-state index in [2.05, 4.69) is 452 Å². The van der Waals surface area contributed by atoms with Gasteiger partial charge >= 0.3 is 0 Å². The maximum Gasteiger partial charge on any atom is -0.0113 e. The zero-order valence-electron chi connectivity index (χ0n) is 70.2. The Labute approximate surface area is 681 Å². The number of hydrogen-bond donors (Lipinski definition) is 0. The summed E-state index contributed by atoms with van der Waals surface area (Å²) in [5.41, 5.74) is 54.8. The smallest absolute Gasteiger partial charge is 0.0113 e. The molecule has 0 amide bonds. The average molecular weight is 1480 g/mol. The fraction of sp³-hybridized carbons (Fsp3) is 0.158. The molecule has 16 aromatic carbocycles. The largest absolute Gasteiger partial charge is 0.0622 e. The van der Waals surface area contributed by atoms with Crippen LogP contribution in [0, 0.1) is 125 Å². The van der Waals surface area contributed by atoms with Crippen LogP contribution >= 0.6 is 0 Å². The first-order valence-electron chi connectivity index (χ1n) is 40.3. The van der Waals surface area contributed by atoms with E-state index in [9.17, 15) is 0 Å². The molecule has 0 fully saturated rings. The highest BCUT2D eigenvalue weighted by molar-refractivity contribution is 5.93. The zero-order valence-corrected chi connectivity index (χ0v) is 70.2. The standard InChI is InChI=1S/C31H32.C29H28.C28H26.C26H22/c1-19-9-8-10-26(15-19)27-16-28(30-22(4)11-20(2)12-23(30)5)18-29(17-27)31-24(6)13-21(3)14-25(31)7;1-19-7-6-8-24(13-19)25-16-26(28-14-20(2)9-11-22(28)4)18-27(17-25)29-15-21(3)10-12-23(29)5;1-19-12-11-17-25(18-19)28-21(3)26(23-13-7-5-8-14-23)20(2)27(22(28)4)24-15-9-6-10-16-24;1-19-10-9-15-23(16-19)24-17-25(21-11-5-3-6-12-21)20(2)26(18-24)22-13-7-4-8-14-22/h8-18H,1-7H3;6-18H,1-5H3;5-18H,1-4H3;3-18H,1-2H3. The molecule has 0 aliphatic heterocycles. The monoisotopic (exact) mass is 1480 g/mol. The summed E-state index contributed by atoms with van der Waals surface area (Å²) in [6.07, 6.45) is 0. The van der Waals surface area contributed by atoms with Crippen molar-refractivity contribution in [3.8, 4) is 134 Å². The molecule has 16 rings (SSSR count). The minimum absolute atomic E-state index is 1.26. The SMILES string of the molecule is Cc1cccc(-c2c(C)c(-c3ccccc3)c(C)c(-c3ccccc3)c2C)c1.Cc1cccc(-c2cc(-c3c(C)cc(C)cc3C)cc(-c3c(C)cc(C)cc3C)c2)c1.Cc1cccc(-c2cc(-c3cc(C)ccc3C)cc(-c3cc(C)ccc3C)c2)c1.Cc1cccc(-c2cc(-c3ccccc3)c(C)c(-c3ccccc3)c2)c1. The quantitative estimate of drug-likeness (QED) is 0.114. The summed E-state index contributed by atoms with van der Waals surface area (Å²) in [6.45, 7) is 39.7. The molecule has 0 heteroatoms. The summed E-state index contributed by atoms with van der Waals surface area (Å²) < 4.78 is 0. The summed E-state index contributed by atoms with van der Waals surface area (Å²) in [6, 6.07) is 120. The van der Waals surface area contributed by atoms with Gasteiger partial charge in [0.1, 0.15) is 0 Å². The van der Waals surface area contributed by atoms with Gasteiger partial charge in [-0.1, -0.05) is 324 Å². The Balaban J connectivity index is 0.000000133. The van der Waals surface area contributed by atoms with Gasteiger partial charge in [-0.2, -0.15) is 0 Å². The van der Waals surface area contributed by atoms with E-state index in [4.69, 9.17) is 0 Å². The van der Waals surface area contributed by atoms with Crippen molar-refractivity contribution >= 4 is 0 Å². The Morgan fingerprint density at radius 2 is 0.368 bits per heavy atom. The first-order valence-corrected chi connectivity index (χ1v) is 40.3. The van der Waals surface area contributed by atoms with Crippen molar-refractivity contribution in [3.63, 3.8) is 0 Å². The lowest BCUT2D eigenvalue weighted by Crippen LogP contribution is -2.00. The summed E-state index contributed by atoms with van der Waals surface area (Å²) in [5, 5.41) is 0. The summed E-state index contributed by atoms with van der Waals surface area (Å²) >= 11 is 0. The molecule has 0 bridgehead atoms. The lowest BCUT2D eigenvalue weighted by Gasteiger charge is -2.23. The van der Waals surface area contributed by atoms with Gasteiger partial charge in [-0.15, -0.1) is 0 Å². The van der Waals surface area contributed by atoms with E-state index in [1.165, 1.54) is 234 Å². The van der Waals surface area contributed by atoms with Crippen LogP contribution in [0.15, 0.2) is 328 Å². The molecule has 0 spiro atoms. The van der Waals surface area contributed by atoms with Crippen LogP contribution in [0.2, 0.25) is 0 Å². The van der Waals surface area contributed by atoms with E-state index in [0.717, 1.165) is 0 Å². The highest BCUT2D eigenvalue weighted by atomic mass is 14.3. The van der Waals surface area contributed by atoms with Gasteiger partial charge in [-0.3, -0.25) is 0 Å². The second-order valence-electron chi connectivity index (χ2n) is 31.9. The molecule has 0 heterocycles. The predicted octanol–water partition coefficient (Wildman–Crippen LogP) is 32.3. The normalized spacial score (nSPS) is 10.9. The molecule has 0 nitrogen and oxygen atoms in total. The van der Waals surface area contributed by atoms with Gasteiger partial charge in [0.05, 0.1) is 0 Å². The maximum atomic E-state index is 2.38. The highest BCUT2D eigenvalue weighted by Gasteiger charge is 2.22. The second-order valence-corrected chi connectivity index (χ2v) is 31.9. The van der Waals surface area contributed by atoms with Crippen LogP contribution in [-0.2, 0) is 0 Å². The molecule has 564 valence electrons. The highest BCUT2D eigenvalue weighted by Crippen LogP contribution is 2.46. The fourth-order valence-electron chi connectivity index (χ4n) is 17.3. The van der Waals surface area contributed by atoms with Gasteiger partial charge in [-0.05, 0) is 362 Å². The van der Waals surface area contributed by atoms with Crippen LogP contribution in [0.1, 0.15) is 100 Å². The molecule has 0 aliphatic rings. The van der Waals surface area contributed by atoms with E-state index in [1.807, 2.05) is 0 Å². The fourth-order valence-corrected chi connectivity index (χ4v) is 17.3. The molecule has 0 saturated carbocycles. The number of hydrogen-bond acceptors (Lipinski definition) is 0. The van der Waals surface area contributed by atoms with Crippen molar-refractivity contribution < 1.29 is 0 Å². The van der Waals surface area contributed by atoms with E-state index in [-0.39, 0.29) is 0 Å². The van der Waals surface area contributed by atoms with Crippen molar-refractivity contribution in [1.82, 2.24) is 0 Å². The molecule has 16 aromatic rings. The van der Waals surface area contributed by atoms with E-state index < -0.39 is 0 Å². The van der Waals surface area contributed by atoms with Crippen molar-refractivity contribution in [2.45, 2.75) is 125 Å². The van der Waals surface area contributed by atoms with Crippen molar-refractivity contribution in [2.75, 3.05) is 0 Å². The molecule has 0 saturated heterocycles. The van der Waals surface area contributed by atoms with Gasteiger partial charge in [0.25, 0.3) is 0 Å². The first kappa shape index (κ1) is 79.6. The van der Waals surface area contributed by atoms with Crippen molar-refractivity contribution in [1.29, 1.82) is 0 Å². The third-order valence-electron chi connectivity index (χ3n) is 22.5. The molecule has 114 heavy (non-hydrogen) atoms. The van der Waals surface area contributed by atoms with Crippen LogP contribution < -0.4 is 0 Å². The van der Waals surface area contributed by atoms with Crippen LogP contribution in [0.5, 0.6) is 0 Å². The lowest BCUT2D eigenvalue weighted by atomic mass is 9.80. The van der Waals surface area contributed by atoms with Crippen LogP contribution in [0.25, 0.3) is 134 Å². The Kier molecular flexibility index (Phi) is 24.8. The van der Waals surface area contributed by atoms with Gasteiger partial charge < -0.3 is 0 Å². The lowest BCUT2D eigenvalue weighted by molar-refractivity contribution is 1.31. The van der Waals surface area contributed by atoms with Gasteiger partial charge in [0, 0.05) is 0 Å². The number of aryl methyl sites for hydroxylation is 14. The van der Waals surface area contributed by atoms with Gasteiger partial charge in [0.2, 0.25) is 0 Å². The minimum atomic E-state index is 1.26. The zero-order chi connectivity index (χ0) is 80.4. The second kappa shape index (κ2) is 35.5. The van der Waals surface area contributed by atoms with Crippen molar-refractivity contribution in [2.24, 2.45) is 0 Å². The molecule has 0 unspecified atom stereocenters. The Morgan fingerprint density at radius 3 is 0.702 bits per heavy atom. The first-order chi connectivity index (χ1) is 54.9. The minimum Gasteiger partial charge on any atom is -0.0622 e. The molecule has 0 N–H and O–H groups in total. The predicted molar refractivity (Wildman–Crippen MR) is 496 cm³/mol. The van der Waals surface area contributed by atoms with Crippen LogP contribution in [-0.4, -0.2) is 0 Å². The summed E-state index contributed by atoms with van der Waals surface area (Å²) in [4.78, 5) is 0. The Hall–Kier alpha value is -12.5. The van der Waals surface area contributed by atoms with Crippen molar-refractivity contribution in [3.05, 3.63) is 428 Å². The number of rotatable bonds is 12. The third kappa shape index (κ3) is 18.3. The summed E-state index contributed by atoms with van der Waals surface area (Å²) in [7, 11) is 0. The molecule has 0 atom stereocenters. The van der Waals surface area contributed by atoms with Crippen LogP contribution in [0.4, 0.5) is 0 Å². The van der Waals surface area contributed by atoms with Crippen LogP contribution in [0.3, 0.4) is 0 Å². The maximum absolute atomic E-state index is 2.38. The third-order valence-corrected chi connectivity index (χ3v) is 22.5. The Bertz CT molecular complexity index is 5820. The van der Waals surface area contributed by atoms with Gasteiger partial charge in [-0.25, -0.2) is 0 Å². The molecule has 0 radical (unpaired) electrons. The molecular weight excluding hydrogens is 1370 g/mol. The van der Waals surface area contributed by atoms with E-state index in [1.54, 1.807) is 0 Å². The summed E-state index contributed by atoms with van der Waals surface area (Å²) in [5.74, 6) is 0. The molecular formula is C114H108. The topological polar surface area (TPSA) is 0 Å². The van der Waals surface area contributed by atoms with E-state index >= 15 is 0 Å².